The first-order valence-corrected chi connectivity index (χ1v) is 9.89. The Morgan fingerprint density at radius 2 is 1.90 bits per heavy atom. The van der Waals surface area contributed by atoms with Crippen molar-refractivity contribution in [1.29, 1.82) is 0 Å². The van der Waals surface area contributed by atoms with Crippen LogP contribution in [0.4, 0.5) is 5.69 Å². The van der Waals surface area contributed by atoms with E-state index < -0.39 is 17.3 Å². The summed E-state index contributed by atoms with van der Waals surface area (Å²) in [5.74, 6) is -1.52. The van der Waals surface area contributed by atoms with Crippen molar-refractivity contribution in [3.8, 4) is 0 Å². The van der Waals surface area contributed by atoms with Gasteiger partial charge in [0.15, 0.2) is 0 Å². The number of hydrogen-bond acceptors (Lipinski definition) is 4. The van der Waals surface area contributed by atoms with Gasteiger partial charge in [0.05, 0.1) is 11.3 Å². The van der Waals surface area contributed by atoms with Gasteiger partial charge in [-0.3, -0.25) is 14.6 Å². The fourth-order valence-electron chi connectivity index (χ4n) is 3.47. The minimum Gasteiger partial charge on any atom is -0.481 e. The number of nitrogens with one attached hydrogen (secondary N) is 1. The Hall–Kier alpha value is -3.25. The maximum atomic E-state index is 12.9. The number of carboxylic acids is 1. The number of hydrogen-bond donors (Lipinski definition) is 3. The third-order valence-electron chi connectivity index (χ3n) is 5.44. The van der Waals surface area contributed by atoms with E-state index in [1.807, 2.05) is 49.4 Å². The number of carboxylic acid groups (broad SMARTS) is 1. The topological polar surface area (TPSA) is 105 Å². The molecule has 0 saturated heterocycles. The monoisotopic (exact) mass is 405 g/mol. The van der Waals surface area contributed by atoms with Crippen molar-refractivity contribution in [3.63, 3.8) is 0 Å². The smallest absolute Gasteiger partial charge is 0.309 e. The molecule has 1 heterocycles. The molecule has 6 nitrogen and oxygen atoms in total. The van der Waals surface area contributed by atoms with Gasteiger partial charge in [0.1, 0.15) is 0 Å². The second kappa shape index (κ2) is 8.63. The van der Waals surface area contributed by atoms with Crippen LogP contribution in [0.15, 0.2) is 54.9 Å². The van der Waals surface area contributed by atoms with Crippen molar-refractivity contribution in [2.75, 3.05) is 11.9 Å². The number of aryl methyl sites for hydroxylation is 1. The number of rotatable bonds is 7. The Labute approximate surface area is 176 Å². The first-order chi connectivity index (χ1) is 14.2. The molecule has 0 spiro atoms. The summed E-state index contributed by atoms with van der Waals surface area (Å²) in [7, 11) is 0. The second-order valence-electron chi connectivity index (χ2n) is 8.27. The Balaban J connectivity index is 1.79. The van der Waals surface area contributed by atoms with Crippen LogP contribution in [0, 0.1) is 12.3 Å². The van der Waals surface area contributed by atoms with E-state index in [2.05, 4.69) is 10.3 Å². The van der Waals surface area contributed by atoms with Crippen molar-refractivity contribution in [2.24, 2.45) is 11.1 Å². The molecule has 30 heavy (non-hydrogen) atoms. The minimum absolute atomic E-state index is 0.169. The van der Waals surface area contributed by atoms with Gasteiger partial charge in [0, 0.05) is 30.0 Å². The lowest BCUT2D eigenvalue weighted by Crippen LogP contribution is -2.28. The van der Waals surface area contributed by atoms with Crippen molar-refractivity contribution in [3.05, 3.63) is 71.5 Å². The van der Waals surface area contributed by atoms with Gasteiger partial charge in [-0.15, -0.1) is 0 Å². The quantitative estimate of drug-likeness (QED) is 0.553. The zero-order valence-corrected chi connectivity index (χ0v) is 17.5. The first kappa shape index (κ1) is 21.5. The zero-order valence-electron chi connectivity index (χ0n) is 17.5. The molecule has 0 bridgehead atoms. The summed E-state index contributed by atoms with van der Waals surface area (Å²) in [6.07, 6.45) is 3.91. The molecule has 1 unspecified atom stereocenters. The zero-order chi connectivity index (χ0) is 21.9. The highest BCUT2D eigenvalue weighted by Crippen LogP contribution is 2.27. The maximum Gasteiger partial charge on any atom is 0.309 e. The van der Waals surface area contributed by atoms with Crippen molar-refractivity contribution >= 4 is 28.3 Å². The van der Waals surface area contributed by atoms with Gasteiger partial charge in [-0.1, -0.05) is 24.3 Å². The molecule has 3 aromatic rings. The van der Waals surface area contributed by atoms with E-state index in [0.29, 0.717) is 12.1 Å². The van der Waals surface area contributed by atoms with Gasteiger partial charge in [0.25, 0.3) is 0 Å². The summed E-state index contributed by atoms with van der Waals surface area (Å²) in [5.41, 5.74) is 8.49. The molecular formula is C24H27N3O3. The molecule has 1 atom stereocenters. The molecule has 1 amide bonds. The number of aromatic nitrogens is 1. The van der Waals surface area contributed by atoms with Crippen LogP contribution in [0.25, 0.3) is 10.8 Å². The predicted octanol–water partition coefficient (Wildman–Crippen LogP) is 3.88. The Morgan fingerprint density at radius 1 is 1.13 bits per heavy atom. The van der Waals surface area contributed by atoms with Crippen LogP contribution in [0.5, 0.6) is 0 Å². The fourth-order valence-corrected chi connectivity index (χ4v) is 3.47. The Bertz CT molecular complexity index is 1090. The van der Waals surface area contributed by atoms with E-state index in [9.17, 15) is 14.7 Å². The standard InChI is InChI=1S/C24H27N3O3/c1-15-10-17(4-5-18(15)12-24(2,3)23(29)30)21(13-25)22(28)27-20-7-6-19-14-26-9-8-16(19)11-20/h4-11,14,21H,12-13,25H2,1-3H3,(H,27,28)(H,29,30). The summed E-state index contributed by atoms with van der Waals surface area (Å²) in [6, 6.07) is 13.3. The molecule has 2 aromatic carbocycles. The number of carbonyl (C=O) groups excluding carboxylic acids is 1. The number of nitrogens with two attached hydrogens (primary N) is 1. The molecule has 4 N–H and O–H groups in total. The van der Waals surface area contributed by atoms with Gasteiger partial charge in [-0.05, 0) is 67.5 Å². The number of anilines is 1. The van der Waals surface area contributed by atoms with E-state index in [1.165, 1.54) is 0 Å². The SMILES string of the molecule is Cc1cc(C(CN)C(=O)Nc2ccc3cnccc3c2)ccc1CC(C)(C)C(=O)O. The highest BCUT2D eigenvalue weighted by atomic mass is 16.4. The molecule has 3 rings (SSSR count). The summed E-state index contributed by atoms with van der Waals surface area (Å²) in [5, 5.41) is 14.3. The lowest BCUT2D eigenvalue weighted by atomic mass is 9.83. The number of benzene rings is 2. The van der Waals surface area contributed by atoms with Crippen LogP contribution in [-0.4, -0.2) is 28.5 Å². The van der Waals surface area contributed by atoms with Gasteiger partial charge >= 0.3 is 5.97 Å². The number of pyridine rings is 1. The molecule has 0 aliphatic rings. The lowest BCUT2D eigenvalue weighted by molar-refractivity contribution is -0.146. The van der Waals surface area contributed by atoms with E-state index >= 15 is 0 Å². The highest BCUT2D eigenvalue weighted by Gasteiger charge is 2.28. The van der Waals surface area contributed by atoms with E-state index in [0.717, 1.165) is 27.5 Å². The van der Waals surface area contributed by atoms with Crippen LogP contribution in [0.1, 0.15) is 36.5 Å². The Kier molecular flexibility index (Phi) is 6.17. The average Bonchev–Trinajstić information content (AvgIpc) is 2.70. The van der Waals surface area contributed by atoms with Gasteiger partial charge in [-0.2, -0.15) is 0 Å². The normalized spacial score (nSPS) is 12.5. The van der Waals surface area contributed by atoms with Crippen LogP contribution in [0.2, 0.25) is 0 Å². The summed E-state index contributed by atoms with van der Waals surface area (Å²) >= 11 is 0. The van der Waals surface area contributed by atoms with Crippen LogP contribution in [-0.2, 0) is 16.0 Å². The predicted molar refractivity (Wildman–Crippen MR) is 118 cm³/mol. The Morgan fingerprint density at radius 3 is 2.57 bits per heavy atom. The third kappa shape index (κ3) is 4.66. The fraction of sp³-hybridized carbons (Fsp3) is 0.292. The largest absolute Gasteiger partial charge is 0.481 e. The van der Waals surface area contributed by atoms with Crippen LogP contribution in [0.3, 0.4) is 0 Å². The molecule has 0 aliphatic carbocycles. The van der Waals surface area contributed by atoms with E-state index in [1.54, 1.807) is 26.2 Å². The van der Waals surface area contributed by atoms with E-state index in [4.69, 9.17) is 5.73 Å². The summed E-state index contributed by atoms with van der Waals surface area (Å²) in [4.78, 5) is 28.4. The molecule has 6 heteroatoms. The molecular weight excluding hydrogens is 378 g/mol. The van der Waals surface area contributed by atoms with Crippen LogP contribution >= 0.6 is 0 Å². The molecule has 0 radical (unpaired) electrons. The summed E-state index contributed by atoms with van der Waals surface area (Å²) < 4.78 is 0. The van der Waals surface area contributed by atoms with Crippen LogP contribution < -0.4 is 11.1 Å². The first-order valence-electron chi connectivity index (χ1n) is 9.89. The second-order valence-corrected chi connectivity index (χ2v) is 8.27. The van der Waals surface area contributed by atoms with Crippen molar-refractivity contribution in [2.45, 2.75) is 33.1 Å². The number of fused-ring (bicyclic) bond motifs is 1. The summed E-state index contributed by atoms with van der Waals surface area (Å²) in [6.45, 7) is 5.51. The van der Waals surface area contributed by atoms with Gasteiger partial charge in [0.2, 0.25) is 5.91 Å². The molecule has 156 valence electrons. The van der Waals surface area contributed by atoms with Gasteiger partial charge < -0.3 is 16.2 Å². The molecule has 1 aromatic heterocycles. The molecule has 0 aliphatic heterocycles. The highest BCUT2D eigenvalue weighted by molar-refractivity contribution is 5.98. The van der Waals surface area contributed by atoms with Crippen molar-refractivity contribution < 1.29 is 14.7 Å². The van der Waals surface area contributed by atoms with Gasteiger partial charge in [-0.25, -0.2) is 0 Å². The minimum atomic E-state index is -0.859. The van der Waals surface area contributed by atoms with Crippen molar-refractivity contribution in [1.82, 2.24) is 4.98 Å². The van der Waals surface area contributed by atoms with E-state index in [-0.39, 0.29) is 12.5 Å². The maximum absolute atomic E-state index is 12.9. The third-order valence-corrected chi connectivity index (χ3v) is 5.44. The number of aliphatic carboxylic acids is 1. The number of amides is 1. The lowest BCUT2D eigenvalue weighted by Gasteiger charge is -2.22. The number of nitrogens with zero attached hydrogens (tertiary/aromatic N) is 1. The molecule has 0 fully saturated rings. The molecule has 0 saturated carbocycles. The average molecular weight is 405 g/mol. The number of carbonyl (C=O) groups is 2.